The van der Waals surface area contributed by atoms with Gasteiger partial charge in [-0.2, -0.15) is 18.4 Å². The molecule has 0 unspecified atom stereocenters. The van der Waals surface area contributed by atoms with Crippen LogP contribution in [0.2, 0.25) is 0 Å². The molecule has 0 aliphatic carbocycles. The molecule has 1 aromatic carbocycles. The molecule has 0 spiro atoms. The van der Waals surface area contributed by atoms with Crippen molar-refractivity contribution in [2.24, 2.45) is 11.8 Å². The standard InChI is InChI=1S/C22H24F3N5O/c1-29-10-14(11-29)7-20(31)28-17-8-16(22(23,24)25)12-30(13-17)19-5-4-15(9-26)21-18(19)3-2-6-27-21/h2-6,14,16-17H,7-8,10-13H2,1H3,(H,28,31)/t16-,17+/m1/s1. The number of benzene rings is 1. The number of rotatable bonds is 4. The first kappa shape index (κ1) is 21.4. The minimum Gasteiger partial charge on any atom is -0.368 e. The lowest BCUT2D eigenvalue weighted by Crippen LogP contribution is -2.54. The predicted octanol–water partition coefficient (Wildman–Crippen LogP) is 2.93. The summed E-state index contributed by atoms with van der Waals surface area (Å²) in [4.78, 5) is 20.5. The topological polar surface area (TPSA) is 72.3 Å². The summed E-state index contributed by atoms with van der Waals surface area (Å²) < 4.78 is 41.1. The maximum Gasteiger partial charge on any atom is 0.393 e. The van der Waals surface area contributed by atoms with Gasteiger partial charge in [-0.3, -0.25) is 9.78 Å². The first-order valence-corrected chi connectivity index (χ1v) is 10.3. The molecule has 9 heteroatoms. The van der Waals surface area contributed by atoms with Gasteiger partial charge in [0, 0.05) is 55.9 Å². The minimum absolute atomic E-state index is 0.136. The molecule has 31 heavy (non-hydrogen) atoms. The molecular formula is C22H24F3N5O. The van der Waals surface area contributed by atoms with Gasteiger partial charge in [-0.15, -0.1) is 0 Å². The number of nitriles is 1. The number of likely N-dealkylation sites (tertiary alicyclic amines) is 1. The molecule has 164 valence electrons. The Bertz CT molecular complexity index is 1010. The molecule has 1 amide bonds. The van der Waals surface area contributed by atoms with Gasteiger partial charge in [0.05, 0.1) is 17.0 Å². The minimum atomic E-state index is -4.36. The van der Waals surface area contributed by atoms with E-state index in [1.807, 2.05) is 7.05 Å². The molecule has 2 aliphatic rings. The van der Waals surface area contributed by atoms with Crippen molar-refractivity contribution in [2.75, 3.05) is 38.1 Å². The molecule has 1 N–H and O–H groups in total. The van der Waals surface area contributed by atoms with Gasteiger partial charge >= 0.3 is 6.18 Å². The van der Waals surface area contributed by atoms with E-state index in [0.717, 1.165) is 13.1 Å². The zero-order chi connectivity index (χ0) is 22.2. The van der Waals surface area contributed by atoms with Crippen LogP contribution in [0.25, 0.3) is 10.9 Å². The number of fused-ring (bicyclic) bond motifs is 1. The number of alkyl halides is 3. The molecule has 2 saturated heterocycles. The van der Waals surface area contributed by atoms with Crippen molar-refractivity contribution < 1.29 is 18.0 Å². The Hall–Kier alpha value is -2.86. The Labute approximate surface area is 178 Å². The summed E-state index contributed by atoms with van der Waals surface area (Å²) in [7, 11) is 1.97. The van der Waals surface area contributed by atoms with Crippen LogP contribution in [-0.2, 0) is 4.79 Å². The van der Waals surface area contributed by atoms with E-state index in [-0.39, 0.29) is 31.3 Å². The van der Waals surface area contributed by atoms with Crippen LogP contribution in [0.3, 0.4) is 0 Å². The first-order valence-electron chi connectivity index (χ1n) is 10.3. The highest BCUT2D eigenvalue weighted by Crippen LogP contribution is 2.37. The van der Waals surface area contributed by atoms with Crippen LogP contribution in [0.15, 0.2) is 30.5 Å². The van der Waals surface area contributed by atoms with Gasteiger partial charge in [-0.1, -0.05) is 0 Å². The van der Waals surface area contributed by atoms with Crippen molar-refractivity contribution in [3.63, 3.8) is 0 Å². The Kier molecular flexibility index (Phi) is 5.75. The quantitative estimate of drug-likeness (QED) is 0.806. The Morgan fingerprint density at radius 2 is 2.03 bits per heavy atom. The van der Waals surface area contributed by atoms with E-state index in [2.05, 4.69) is 21.3 Å². The fourth-order valence-corrected chi connectivity index (χ4v) is 4.67. The SMILES string of the molecule is CN1CC(CC(=O)N[C@H]2C[C@@H](C(F)(F)F)CN(c3ccc(C#N)c4ncccc34)C2)C1. The molecule has 2 aromatic rings. The third-order valence-electron chi connectivity index (χ3n) is 6.10. The number of hydrogen-bond acceptors (Lipinski definition) is 5. The fourth-order valence-electron chi connectivity index (χ4n) is 4.67. The zero-order valence-electron chi connectivity index (χ0n) is 17.2. The van der Waals surface area contributed by atoms with E-state index in [0.29, 0.717) is 28.6 Å². The molecule has 2 aliphatic heterocycles. The third kappa shape index (κ3) is 4.59. The molecule has 0 bridgehead atoms. The number of carbonyl (C=O) groups is 1. The monoisotopic (exact) mass is 431 g/mol. The lowest BCUT2D eigenvalue weighted by Gasteiger charge is -2.41. The molecule has 2 fully saturated rings. The highest BCUT2D eigenvalue weighted by molar-refractivity contribution is 5.95. The second kappa shape index (κ2) is 8.35. The summed E-state index contributed by atoms with van der Waals surface area (Å²) in [5.74, 6) is -1.49. The fraction of sp³-hybridized carbons (Fsp3) is 0.500. The smallest absolute Gasteiger partial charge is 0.368 e. The second-order valence-corrected chi connectivity index (χ2v) is 8.58. The number of carbonyl (C=O) groups excluding carboxylic acids is 1. The summed E-state index contributed by atoms with van der Waals surface area (Å²) in [5, 5.41) is 12.8. The van der Waals surface area contributed by atoms with Gasteiger partial charge < -0.3 is 15.1 Å². The maximum atomic E-state index is 13.7. The largest absolute Gasteiger partial charge is 0.393 e. The van der Waals surface area contributed by atoms with Crippen LogP contribution in [0.5, 0.6) is 0 Å². The second-order valence-electron chi connectivity index (χ2n) is 8.58. The van der Waals surface area contributed by atoms with Crippen molar-refractivity contribution in [3.05, 3.63) is 36.0 Å². The van der Waals surface area contributed by atoms with Gasteiger partial charge in [0.2, 0.25) is 5.91 Å². The molecule has 4 rings (SSSR count). The molecule has 0 saturated carbocycles. The van der Waals surface area contributed by atoms with Crippen LogP contribution in [0.1, 0.15) is 18.4 Å². The molecular weight excluding hydrogens is 407 g/mol. The van der Waals surface area contributed by atoms with E-state index >= 15 is 0 Å². The number of halogens is 3. The molecule has 1 aromatic heterocycles. The number of pyridine rings is 1. The molecule has 0 radical (unpaired) electrons. The van der Waals surface area contributed by atoms with Crippen molar-refractivity contribution in [2.45, 2.75) is 25.1 Å². The maximum absolute atomic E-state index is 13.7. The van der Waals surface area contributed by atoms with E-state index < -0.39 is 18.1 Å². The van der Waals surface area contributed by atoms with Crippen LogP contribution in [0, 0.1) is 23.2 Å². The highest BCUT2D eigenvalue weighted by Gasteiger charge is 2.45. The molecule has 2 atom stereocenters. The lowest BCUT2D eigenvalue weighted by atomic mass is 9.91. The van der Waals surface area contributed by atoms with Gasteiger partial charge in [-0.05, 0) is 43.7 Å². The average Bonchev–Trinajstić information content (AvgIpc) is 2.71. The Morgan fingerprint density at radius 3 is 2.71 bits per heavy atom. The normalized spacial score (nSPS) is 22.7. The summed E-state index contributed by atoms with van der Waals surface area (Å²) >= 11 is 0. The summed E-state index contributed by atoms with van der Waals surface area (Å²) in [6.45, 7) is 1.75. The van der Waals surface area contributed by atoms with Gasteiger partial charge in [0.25, 0.3) is 0 Å². The van der Waals surface area contributed by atoms with Gasteiger partial charge in [-0.25, -0.2) is 0 Å². The number of aromatic nitrogens is 1. The summed E-state index contributed by atoms with van der Waals surface area (Å²) in [6, 6.07) is 8.19. The van der Waals surface area contributed by atoms with Crippen molar-refractivity contribution in [1.82, 2.24) is 15.2 Å². The van der Waals surface area contributed by atoms with E-state index in [9.17, 15) is 23.2 Å². The van der Waals surface area contributed by atoms with Crippen LogP contribution >= 0.6 is 0 Å². The third-order valence-corrected chi connectivity index (χ3v) is 6.10. The number of anilines is 1. The lowest BCUT2D eigenvalue weighted by molar-refractivity contribution is -0.178. The molecule has 6 nitrogen and oxygen atoms in total. The number of nitrogens with zero attached hydrogens (tertiary/aromatic N) is 4. The summed E-state index contributed by atoms with van der Waals surface area (Å²) in [5.41, 5.74) is 1.43. The number of piperidine rings is 1. The van der Waals surface area contributed by atoms with E-state index in [1.54, 1.807) is 35.4 Å². The van der Waals surface area contributed by atoms with Crippen molar-refractivity contribution in [3.8, 4) is 6.07 Å². The molecule has 3 heterocycles. The zero-order valence-corrected chi connectivity index (χ0v) is 17.2. The number of amides is 1. The van der Waals surface area contributed by atoms with Gasteiger partial charge in [0.1, 0.15) is 6.07 Å². The average molecular weight is 431 g/mol. The number of hydrogen-bond donors (Lipinski definition) is 1. The highest BCUT2D eigenvalue weighted by atomic mass is 19.4. The first-order chi connectivity index (χ1) is 14.7. The van der Waals surface area contributed by atoms with Crippen molar-refractivity contribution >= 4 is 22.5 Å². The number of nitrogens with one attached hydrogen (secondary N) is 1. The van der Waals surface area contributed by atoms with E-state index in [4.69, 9.17) is 0 Å². The predicted molar refractivity (Wildman–Crippen MR) is 110 cm³/mol. The van der Waals surface area contributed by atoms with E-state index in [1.165, 1.54) is 0 Å². The Balaban J connectivity index is 1.58. The van der Waals surface area contributed by atoms with Crippen LogP contribution < -0.4 is 10.2 Å². The summed E-state index contributed by atoms with van der Waals surface area (Å²) in [6.07, 6.45) is -2.61. The van der Waals surface area contributed by atoms with Crippen LogP contribution in [0.4, 0.5) is 18.9 Å². The Morgan fingerprint density at radius 1 is 1.26 bits per heavy atom. The van der Waals surface area contributed by atoms with Crippen LogP contribution in [-0.4, -0.2) is 61.2 Å². The van der Waals surface area contributed by atoms with Crippen molar-refractivity contribution in [1.29, 1.82) is 5.26 Å². The van der Waals surface area contributed by atoms with Gasteiger partial charge in [0.15, 0.2) is 0 Å².